The van der Waals surface area contributed by atoms with E-state index in [1.54, 1.807) is 0 Å². The molecule has 3 nitrogen and oxygen atoms in total. The van der Waals surface area contributed by atoms with Gasteiger partial charge in [0.25, 0.3) is 0 Å². The smallest absolute Gasteiger partial charge is 0.129 e. The standard InChI is InChI=1S/C17H17N3/c1-20(12-14-7-2-4-8-15(14)18)17-11-10-13-6-3-5-9-16(13)19-17/h2-11H,12,18H2,1H3. The second kappa shape index (κ2) is 5.21. The van der Waals surface area contributed by atoms with E-state index in [1.807, 2.05) is 55.6 Å². The van der Waals surface area contributed by atoms with E-state index >= 15 is 0 Å². The van der Waals surface area contributed by atoms with Crippen LogP contribution in [0.1, 0.15) is 5.56 Å². The average Bonchev–Trinajstić information content (AvgIpc) is 2.49. The molecule has 0 fully saturated rings. The zero-order valence-corrected chi connectivity index (χ0v) is 11.5. The van der Waals surface area contributed by atoms with Gasteiger partial charge in [-0.1, -0.05) is 36.4 Å². The van der Waals surface area contributed by atoms with Gasteiger partial charge in [0.1, 0.15) is 5.82 Å². The summed E-state index contributed by atoms with van der Waals surface area (Å²) in [5, 5.41) is 1.16. The number of nitrogen functional groups attached to an aromatic ring is 1. The molecule has 2 N–H and O–H groups in total. The van der Waals surface area contributed by atoms with Crippen LogP contribution >= 0.6 is 0 Å². The number of benzene rings is 2. The predicted octanol–water partition coefficient (Wildman–Crippen LogP) is 3.45. The van der Waals surface area contributed by atoms with Crippen molar-refractivity contribution < 1.29 is 0 Å². The Morgan fingerprint density at radius 1 is 0.950 bits per heavy atom. The third kappa shape index (κ3) is 2.43. The first-order valence-corrected chi connectivity index (χ1v) is 6.64. The largest absolute Gasteiger partial charge is 0.398 e. The average molecular weight is 263 g/mol. The maximum Gasteiger partial charge on any atom is 0.129 e. The highest BCUT2D eigenvalue weighted by Crippen LogP contribution is 2.20. The molecular weight excluding hydrogens is 246 g/mol. The molecule has 0 unspecified atom stereocenters. The number of rotatable bonds is 3. The minimum Gasteiger partial charge on any atom is -0.398 e. The van der Waals surface area contributed by atoms with Crippen LogP contribution in [-0.4, -0.2) is 12.0 Å². The molecule has 0 bridgehead atoms. The first-order valence-electron chi connectivity index (χ1n) is 6.64. The lowest BCUT2D eigenvalue weighted by molar-refractivity contribution is 0.905. The lowest BCUT2D eigenvalue weighted by Gasteiger charge is -2.19. The van der Waals surface area contributed by atoms with Gasteiger partial charge in [-0.05, 0) is 29.8 Å². The molecule has 1 aromatic heterocycles. The fourth-order valence-corrected chi connectivity index (χ4v) is 2.28. The molecule has 1 heterocycles. The molecule has 0 spiro atoms. The lowest BCUT2D eigenvalue weighted by atomic mass is 10.1. The van der Waals surface area contributed by atoms with Crippen LogP contribution in [0.2, 0.25) is 0 Å². The van der Waals surface area contributed by atoms with Crippen molar-refractivity contribution in [2.75, 3.05) is 17.7 Å². The maximum atomic E-state index is 5.99. The second-order valence-corrected chi connectivity index (χ2v) is 4.92. The topological polar surface area (TPSA) is 42.1 Å². The summed E-state index contributed by atoms with van der Waals surface area (Å²) in [6.45, 7) is 0.748. The monoisotopic (exact) mass is 263 g/mol. The first-order chi connectivity index (χ1) is 9.74. The van der Waals surface area contributed by atoms with Crippen molar-refractivity contribution in [3.05, 3.63) is 66.2 Å². The normalized spacial score (nSPS) is 10.7. The molecule has 3 aromatic rings. The first kappa shape index (κ1) is 12.5. The number of aromatic nitrogens is 1. The highest BCUT2D eigenvalue weighted by atomic mass is 15.2. The summed E-state index contributed by atoms with van der Waals surface area (Å²) in [4.78, 5) is 6.80. The van der Waals surface area contributed by atoms with Gasteiger partial charge in [-0.25, -0.2) is 4.98 Å². The van der Waals surface area contributed by atoms with Crippen LogP contribution in [0.4, 0.5) is 11.5 Å². The number of hydrogen-bond acceptors (Lipinski definition) is 3. The Hall–Kier alpha value is -2.55. The second-order valence-electron chi connectivity index (χ2n) is 4.92. The third-order valence-corrected chi connectivity index (χ3v) is 3.44. The molecule has 0 atom stereocenters. The SMILES string of the molecule is CN(Cc1ccccc1N)c1ccc2ccccc2n1. The summed E-state index contributed by atoms with van der Waals surface area (Å²) >= 11 is 0. The molecule has 0 amide bonds. The van der Waals surface area contributed by atoms with Gasteiger partial charge in [-0.15, -0.1) is 0 Å². The summed E-state index contributed by atoms with van der Waals surface area (Å²) in [6, 6.07) is 20.2. The molecule has 3 heteroatoms. The molecule has 100 valence electrons. The minimum atomic E-state index is 0.748. The summed E-state index contributed by atoms with van der Waals surface area (Å²) in [7, 11) is 2.03. The van der Waals surface area contributed by atoms with E-state index in [4.69, 9.17) is 5.73 Å². The number of anilines is 2. The molecule has 0 radical (unpaired) electrons. The van der Waals surface area contributed by atoms with Crippen molar-refractivity contribution in [3.8, 4) is 0 Å². The number of pyridine rings is 1. The zero-order chi connectivity index (χ0) is 13.9. The van der Waals surface area contributed by atoms with Gasteiger partial charge in [0.15, 0.2) is 0 Å². The van der Waals surface area contributed by atoms with E-state index in [0.717, 1.165) is 34.5 Å². The number of nitrogens with two attached hydrogens (primary N) is 1. The van der Waals surface area contributed by atoms with Gasteiger partial charge in [0.05, 0.1) is 5.52 Å². The van der Waals surface area contributed by atoms with Gasteiger partial charge in [0, 0.05) is 24.7 Å². The van der Waals surface area contributed by atoms with Crippen molar-refractivity contribution in [3.63, 3.8) is 0 Å². The van der Waals surface area contributed by atoms with Crippen LogP contribution in [-0.2, 0) is 6.54 Å². The number of hydrogen-bond donors (Lipinski definition) is 1. The zero-order valence-electron chi connectivity index (χ0n) is 11.5. The molecule has 0 saturated heterocycles. The van der Waals surface area contributed by atoms with Crippen LogP contribution < -0.4 is 10.6 Å². The van der Waals surface area contributed by atoms with Crippen molar-refractivity contribution in [1.29, 1.82) is 0 Å². The van der Waals surface area contributed by atoms with Crippen molar-refractivity contribution in [2.24, 2.45) is 0 Å². The van der Waals surface area contributed by atoms with Crippen LogP contribution in [0.5, 0.6) is 0 Å². The van der Waals surface area contributed by atoms with E-state index in [0.29, 0.717) is 0 Å². The van der Waals surface area contributed by atoms with E-state index in [9.17, 15) is 0 Å². The van der Waals surface area contributed by atoms with E-state index in [1.165, 1.54) is 0 Å². The van der Waals surface area contributed by atoms with Gasteiger partial charge < -0.3 is 10.6 Å². The Bertz CT molecular complexity index is 737. The van der Waals surface area contributed by atoms with E-state index < -0.39 is 0 Å². The fraction of sp³-hybridized carbons (Fsp3) is 0.118. The number of para-hydroxylation sites is 2. The van der Waals surface area contributed by atoms with Gasteiger partial charge in [0.2, 0.25) is 0 Å². The Labute approximate surface area is 118 Å². The van der Waals surface area contributed by atoms with Gasteiger partial charge in [-0.3, -0.25) is 0 Å². The van der Waals surface area contributed by atoms with E-state index in [2.05, 4.69) is 22.0 Å². The molecule has 20 heavy (non-hydrogen) atoms. The minimum absolute atomic E-state index is 0.748. The summed E-state index contributed by atoms with van der Waals surface area (Å²) in [5.41, 5.74) is 8.94. The molecule has 2 aromatic carbocycles. The fourth-order valence-electron chi connectivity index (χ4n) is 2.28. The molecule has 0 aliphatic carbocycles. The number of nitrogens with zero attached hydrogens (tertiary/aromatic N) is 2. The highest BCUT2D eigenvalue weighted by Gasteiger charge is 2.06. The molecular formula is C17H17N3. The van der Waals surface area contributed by atoms with Crippen molar-refractivity contribution in [1.82, 2.24) is 4.98 Å². The summed E-state index contributed by atoms with van der Waals surface area (Å²) < 4.78 is 0. The van der Waals surface area contributed by atoms with Gasteiger partial charge >= 0.3 is 0 Å². The molecule has 0 aliphatic heterocycles. The Balaban J connectivity index is 1.89. The summed E-state index contributed by atoms with van der Waals surface area (Å²) in [5.74, 6) is 0.951. The quantitative estimate of drug-likeness (QED) is 0.736. The maximum absolute atomic E-state index is 5.99. The summed E-state index contributed by atoms with van der Waals surface area (Å²) in [6.07, 6.45) is 0. The van der Waals surface area contributed by atoms with Crippen molar-refractivity contribution in [2.45, 2.75) is 6.54 Å². The Morgan fingerprint density at radius 2 is 1.70 bits per heavy atom. The van der Waals surface area contributed by atoms with Crippen LogP contribution in [0.15, 0.2) is 60.7 Å². The number of fused-ring (bicyclic) bond motifs is 1. The molecule has 0 saturated carbocycles. The van der Waals surface area contributed by atoms with Crippen molar-refractivity contribution >= 4 is 22.4 Å². The van der Waals surface area contributed by atoms with Crippen LogP contribution in [0, 0.1) is 0 Å². The molecule has 0 aliphatic rings. The van der Waals surface area contributed by atoms with E-state index in [-0.39, 0.29) is 0 Å². The third-order valence-electron chi connectivity index (χ3n) is 3.44. The predicted molar refractivity (Wildman–Crippen MR) is 84.7 cm³/mol. The highest BCUT2D eigenvalue weighted by molar-refractivity contribution is 5.80. The molecule has 3 rings (SSSR count). The Kier molecular flexibility index (Phi) is 3.25. The lowest BCUT2D eigenvalue weighted by Crippen LogP contribution is -2.18. The van der Waals surface area contributed by atoms with Gasteiger partial charge in [-0.2, -0.15) is 0 Å². The Morgan fingerprint density at radius 3 is 2.55 bits per heavy atom. The van der Waals surface area contributed by atoms with Crippen LogP contribution in [0.25, 0.3) is 10.9 Å². The van der Waals surface area contributed by atoms with Crippen LogP contribution in [0.3, 0.4) is 0 Å².